The van der Waals surface area contributed by atoms with Gasteiger partial charge in [0, 0.05) is 16.1 Å². The Labute approximate surface area is 131 Å². The predicted octanol–water partition coefficient (Wildman–Crippen LogP) is 3.52. The van der Waals surface area contributed by atoms with Crippen LogP contribution in [0, 0.1) is 11.8 Å². The molecule has 0 aromatic heterocycles. The number of hydrogen-bond donors (Lipinski definition) is 2. The molecule has 1 aromatic rings. The highest BCUT2D eigenvalue weighted by molar-refractivity contribution is 8.00. The number of para-hydroxylation sites is 1. The molecule has 4 heteroatoms. The van der Waals surface area contributed by atoms with E-state index in [9.17, 15) is 4.79 Å². The standard InChI is InChI=1S/C17H24N2OS/c1-12(13-10-18-11-13)17(20)19-15-8-4-5-9-16(15)21-14-6-2-3-7-14/h4-5,8-9,12-14,18H,2-3,6-7,10-11H2,1H3,(H,19,20). The highest BCUT2D eigenvalue weighted by Crippen LogP contribution is 2.38. The molecule has 1 saturated heterocycles. The monoisotopic (exact) mass is 304 g/mol. The number of carbonyl (C=O) groups excluding carboxylic acids is 1. The molecule has 1 aliphatic carbocycles. The van der Waals surface area contributed by atoms with Gasteiger partial charge in [-0.15, -0.1) is 11.8 Å². The number of nitrogens with one attached hydrogen (secondary N) is 2. The molecule has 114 valence electrons. The van der Waals surface area contributed by atoms with Crippen LogP contribution in [0.1, 0.15) is 32.6 Å². The number of anilines is 1. The smallest absolute Gasteiger partial charge is 0.227 e. The summed E-state index contributed by atoms with van der Waals surface area (Å²) in [7, 11) is 0. The Morgan fingerprint density at radius 1 is 1.29 bits per heavy atom. The van der Waals surface area contributed by atoms with Crippen molar-refractivity contribution in [3.8, 4) is 0 Å². The predicted molar refractivity (Wildman–Crippen MR) is 88.7 cm³/mol. The number of carbonyl (C=O) groups is 1. The normalized spacial score (nSPS) is 21.0. The second-order valence-electron chi connectivity index (χ2n) is 6.22. The van der Waals surface area contributed by atoms with Gasteiger partial charge in [0.15, 0.2) is 0 Å². The van der Waals surface area contributed by atoms with E-state index in [2.05, 4.69) is 22.8 Å². The Morgan fingerprint density at radius 2 is 2.00 bits per heavy atom. The van der Waals surface area contributed by atoms with Crippen molar-refractivity contribution in [1.82, 2.24) is 5.32 Å². The second-order valence-corrected chi connectivity index (χ2v) is 7.56. The summed E-state index contributed by atoms with van der Waals surface area (Å²) in [5.74, 6) is 0.719. The summed E-state index contributed by atoms with van der Waals surface area (Å²) in [5.41, 5.74) is 0.985. The van der Waals surface area contributed by atoms with Gasteiger partial charge in [-0.25, -0.2) is 0 Å². The van der Waals surface area contributed by atoms with E-state index in [-0.39, 0.29) is 11.8 Å². The maximum Gasteiger partial charge on any atom is 0.227 e. The van der Waals surface area contributed by atoms with E-state index in [1.165, 1.54) is 30.6 Å². The van der Waals surface area contributed by atoms with E-state index in [0.717, 1.165) is 24.0 Å². The Bertz CT molecular complexity index is 495. The van der Waals surface area contributed by atoms with Gasteiger partial charge in [0.25, 0.3) is 0 Å². The molecule has 0 spiro atoms. The Morgan fingerprint density at radius 3 is 2.67 bits per heavy atom. The fourth-order valence-corrected chi connectivity index (χ4v) is 4.31. The molecule has 2 N–H and O–H groups in total. The van der Waals surface area contributed by atoms with Crippen molar-refractivity contribution in [1.29, 1.82) is 0 Å². The average Bonchev–Trinajstić information content (AvgIpc) is 2.92. The molecule has 3 rings (SSSR count). The minimum absolute atomic E-state index is 0.0794. The minimum Gasteiger partial charge on any atom is -0.325 e. The summed E-state index contributed by atoms with van der Waals surface area (Å²) in [6, 6.07) is 8.23. The Hall–Kier alpha value is -1.00. The highest BCUT2D eigenvalue weighted by Gasteiger charge is 2.29. The van der Waals surface area contributed by atoms with E-state index < -0.39 is 0 Å². The summed E-state index contributed by atoms with van der Waals surface area (Å²) in [4.78, 5) is 13.6. The Kier molecular flexibility index (Phi) is 4.86. The van der Waals surface area contributed by atoms with Crippen molar-refractivity contribution in [2.24, 2.45) is 11.8 Å². The van der Waals surface area contributed by atoms with Crippen molar-refractivity contribution >= 4 is 23.4 Å². The number of thioether (sulfide) groups is 1. The van der Waals surface area contributed by atoms with Crippen LogP contribution in [0.15, 0.2) is 29.2 Å². The van der Waals surface area contributed by atoms with Gasteiger partial charge in [-0.2, -0.15) is 0 Å². The van der Waals surface area contributed by atoms with E-state index in [0.29, 0.717) is 5.92 Å². The Balaban J connectivity index is 1.64. The van der Waals surface area contributed by atoms with Crippen LogP contribution in [0.2, 0.25) is 0 Å². The average molecular weight is 304 g/mol. The van der Waals surface area contributed by atoms with Crippen molar-refractivity contribution < 1.29 is 4.79 Å². The second kappa shape index (κ2) is 6.84. The van der Waals surface area contributed by atoms with Gasteiger partial charge in [-0.1, -0.05) is 31.9 Å². The molecule has 1 amide bonds. The minimum atomic E-state index is 0.0794. The molecule has 1 saturated carbocycles. The van der Waals surface area contributed by atoms with Gasteiger partial charge < -0.3 is 10.6 Å². The van der Waals surface area contributed by atoms with Crippen LogP contribution in [0.3, 0.4) is 0 Å². The third-order valence-corrected chi connectivity index (χ3v) is 6.09. The van der Waals surface area contributed by atoms with Gasteiger partial charge in [0.1, 0.15) is 0 Å². The van der Waals surface area contributed by atoms with Crippen molar-refractivity contribution in [3.63, 3.8) is 0 Å². The molecule has 1 heterocycles. The van der Waals surface area contributed by atoms with Crippen molar-refractivity contribution in [2.75, 3.05) is 18.4 Å². The first kappa shape index (κ1) is 14.9. The lowest BCUT2D eigenvalue weighted by Crippen LogP contribution is -2.48. The van der Waals surface area contributed by atoms with Crippen LogP contribution >= 0.6 is 11.8 Å². The zero-order chi connectivity index (χ0) is 14.7. The topological polar surface area (TPSA) is 41.1 Å². The summed E-state index contributed by atoms with van der Waals surface area (Å²) in [6.45, 7) is 3.97. The first-order chi connectivity index (χ1) is 10.2. The zero-order valence-corrected chi connectivity index (χ0v) is 13.4. The molecule has 1 aliphatic heterocycles. The van der Waals surface area contributed by atoms with Gasteiger partial charge in [0.2, 0.25) is 5.91 Å². The first-order valence-electron chi connectivity index (χ1n) is 8.01. The summed E-state index contributed by atoms with van der Waals surface area (Å²) in [5, 5.41) is 7.10. The molecule has 1 atom stereocenters. The summed E-state index contributed by atoms with van der Waals surface area (Å²) >= 11 is 1.93. The molecule has 2 fully saturated rings. The molecule has 3 nitrogen and oxygen atoms in total. The van der Waals surface area contributed by atoms with E-state index in [4.69, 9.17) is 0 Å². The van der Waals surface area contributed by atoms with Crippen LogP contribution < -0.4 is 10.6 Å². The number of benzene rings is 1. The fraction of sp³-hybridized carbons (Fsp3) is 0.588. The highest BCUT2D eigenvalue weighted by atomic mass is 32.2. The molecule has 1 aromatic carbocycles. The first-order valence-corrected chi connectivity index (χ1v) is 8.89. The van der Waals surface area contributed by atoms with Crippen LogP contribution in [0.4, 0.5) is 5.69 Å². The van der Waals surface area contributed by atoms with Crippen LogP contribution in [-0.2, 0) is 4.79 Å². The quantitative estimate of drug-likeness (QED) is 0.874. The summed E-state index contributed by atoms with van der Waals surface area (Å²) in [6.07, 6.45) is 5.30. The van der Waals surface area contributed by atoms with Crippen LogP contribution in [0.25, 0.3) is 0 Å². The maximum atomic E-state index is 12.4. The fourth-order valence-electron chi connectivity index (χ4n) is 2.98. The lowest BCUT2D eigenvalue weighted by molar-refractivity contribution is -0.121. The van der Waals surface area contributed by atoms with Gasteiger partial charge >= 0.3 is 0 Å². The summed E-state index contributed by atoms with van der Waals surface area (Å²) < 4.78 is 0. The molecule has 2 aliphatic rings. The third kappa shape index (κ3) is 3.61. The SMILES string of the molecule is CC(C(=O)Nc1ccccc1SC1CCCC1)C1CNC1. The third-order valence-electron chi connectivity index (χ3n) is 4.67. The lowest BCUT2D eigenvalue weighted by Gasteiger charge is -2.31. The van der Waals surface area contributed by atoms with Crippen molar-refractivity contribution in [3.05, 3.63) is 24.3 Å². The van der Waals surface area contributed by atoms with Crippen LogP contribution in [-0.4, -0.2) is 24.2 Å². The number of rotatable bonds is 5. The van der Waals surface area contributed by atoms with Gasteiger partial charge in [-0.3, -0.25) is 4.79 Å². The van der Waals surface area contributed by atoms with Gasteiger partial charge in [-0.05, 0) is 44.0 Å². The molecular weight excluding hydrogens is 280 g/mol. The van der Waals surface area contributed by atoms with Gasteiger partial charge in [0.05, 0.1) is 5.69 Å². The molecule has 21 heavy (non-hydrogen) atoms. The number of amides is 1. The maximum absolute atomic E-state index is 12.4. The van der Waals surface area contributed by atoms with Crippen LogP contribution in [0.5, 0.6) is 0 Å². The lowest BCUT2D eigenvalue weighted by atomic mass is 9.88. The van der Waals surface area contributed by atoms with E-state index in [1.807, 2.05) is 30.8 Å². The molecule has 0 radical (unpaired) electrons. The van der Waals surface area contributed by atoms with Crippen molar-refractivity contribution in [2.45, 2.75) is 42.8 Å². The molecule has 1 unspecified atom stereocenters. The molecular formula is C17H24N2OS. The number of hydrogen-bond acceptors (Lipinski definition) is 3. The van der Waals surface area contributed by atoms with E-state index in [1.54, 1.807) is 0 Å². The molecule has 0 bridgehead atoms. The largest absolute Gasteiger partial charge is 0.325 e. The van der Waals surface area contributed by atoms with E-state index >= 15 is 0 Å². The zero-order valence-electron chi connectivity index (χ0n) is 12.6.